The maximum absolute atomic E-state index is 13.4. The van der Waals surface area contributed by atoms with Gasteiger partial charge in [-0.3, -0.25) is 5.32 Å². The lowest BCUT2D eigenvalue weighted by Gasteiger charge is -2.13. The second-order valence-electron chi connectivity index (χ2n) is 3.59. The van der Waals surface area contributed by atoms with Crippen molar-refractivity contribution in [2.45, 2.75) is 32.4 Å². The average Bonchev–Trinajstić information content (AvgIpc) is 2.27. The zero-order valence-corrected chi connectivity index (χ0v) is 10.0. The highest BCUT2D eigenvalue weighted by atomic mass is 35.5. The number of rotatable bonds is 5. The molecule has 0 aliphatic carbocycles. The van der Waals surface area contributed by atoms with Crippen LogP contribution in [0.15, 0.2) is 18.2 Å². The van der Waals surface area contributed by atoms with E-state index in [0.29, 0.717) is 17.1 Å². The van der Waals surface area contributed by atoms with Crippen LogP contribution in [0.2, 0.25) is 5.02 Å². The van der Waals surface area contributed by atoms with Crippen LogP contribution in [-0.4, -0.2) is 6.04 Å². The highest BCUT2D eigenvalue weighted by Crippen LogP contribution is 2.18. The molecule has 0 bridgehead atoms. The Hall–Kier alpha value is -1.04. The molecule has 1 nitrogen and oxygen atoms in total. The summed E-state index contributed by atoms with van der Waals surface area (Å²) in [6.45, 7) is 2.42. The molecule has 1 N–H and O–H groups in total. The summed E-state index contributed by atoms with van der Waals surface area (Å²) in [7, 11) is 0. The van der Waals surface area contributed by atoms with Crippen molar-refractivity contribution >= 4 is 11.6 Å². The Bertz CT molecular complexity index is 364. The number of benzene rings is 1. The van der Waals surface area contributed by atoms with E-state index in [-0.39, 0.29) is 11.9 Å². The summed E-state index contributed by atoms with van der Waals surface area (Å²) in [5, 5.41) is 3.54. The van der Waals surface area contributed by atoms with E-state index < -0.39 is 0 Å². The molecule has 1 rings (SSSR count). The van der Waals surface area contributed by atoms with Gasteiger partial charge in [0.25, 0.3) is 0 Å². The van der Waals surface area contributed by atoms with E-state index in [2.05, 4.69) is 18.2 Å². The van der Waals surface area contributed by atoms with Gasteiger partial charge < -0.3 is 0 Å². The SMILES string of the molecule is C#CC(CCC)NCc1c(F)cccc1Cl. The second-order valence-corrected chi connectivity index (χ2v) is 4.00. The predicted octanol–water partition coefficient (Wildman–Crippen LogP) is 3.37. The molecule has 0 saturated heterocycles. The molecule has 0 radical (unpaired) electrons. The Labute approximate surface area is 101 Å². The first-order valence-corrected chi connectivity index (χ1v) is 5.69. The van der Waals surface area contributed by atoms with E-state index >= 15 is 0 Å². The summed E-state index contributed by atoms with van der Waals surface area (Å²) >= 11 is 5.90. The molecule has 1 aromatic rings. The van der Waals surface area contributed by atoms with Crippen LogP contribution < -0.4 is 5.32 Å². The van der Waals surface area contributed by atoms with Gasteiger partial charge in [-0.25, -0.2) is 4.39 Å². The summed E-state index contributed by atoms with van der Waals surface area (Å²) < 4.78 is 13.4. The molecule has 3 heteroatoms. The van der Waals surface area contributed by atoms with Crippen molar-refractivity contribution < 1.29 is 4.39 Å². The molecule has 0 saturated carbocycles. The van der Waals surface area contributed by atoms with Crippen molar-refractivity contribution in [3.05, 3.63) is 34.6 Å². The Morgan fingerprint density at radius 2 is 2.31 bits per heavy atom. The molecule has 0 fully saturated rings. The quantitative estimate of drug-likeness (QED) is 0.777. The van der Waals surface area contributed by atoms with Crippen LogP contribution in [0.3, 0.4) is 0 Å². The predicted molar refractivity (Wildman–Crippen MR) is 65.8 cm³/mol. The van der Waals surface area contributed by atoms with Crippen LogP contribution in [0.5, 0.6) is 0 Å². The molecule has 0 heterocycles. The largest absolute Gasteiger partial charge is 0.299 e. The third-order valence-corrected chi connectivity index (χ3v) is 2.72. The lowest BCUT2D eigenvalue weighted by atomic mass is 10.1. The van der Waals surface area contributed by atoms with E-state index in [4.69, 9.17) is 18.0 Å². The number of nitrogens with one attached hydrogen (secondary N) is 1. The van der Waals surface area contributed by atoms with Crippen LogP contribution in [0.25, 0.3) is 0 Å². The minimum absolute atomic E-state index is 0.0272. The van der Waals surface area contributed by atoms with Crippen molar-refractivity contribution in [3.63, 3.8) is 0 Å². The van der Waals surface area contributed by atoms with Gasteiger partial charge in [-0.2, -0.15) is 0 Å². The van der Waals surface area contributed by atoms with Gasteiger partial charge in [0.1, 0.15) is 5.82 Å². The summed E-state index contributed by atoms with van der Waals surface area (Å²) in [6, 6.07) is 4.63. The van der Waals surface area contributed by atoms with Crippen LogP contribution in [0.4, 0.5) is 4.39 Å². The lowest BCUT2D eigenvalue weighted by molar-refractivity contribution is 0.540. The van der Waals surface area contributed by atoms with E-state index in [9.17, 15) is 4.39 Å². The van der Waals surface area contributed by atoms with Crippen molar-refractivity contribution in [2.24, 2.45) is 0 Å². The van der Waals surface area contributed by atoms with Crippen molar-refractivity contribution in [3.8, 4) is 12.3 Å². The molecular formula is C13H15ClFN. The highest BCUT2D eigenvalue weighted by molar-refractivity contribution is 6.31. The fraction of sp³-hybridized carbons (Fsp3) is 0.385. The second kappa shape index (κ2) is 6.52. The topological polar surface area (TPSA) is 12.0 Å². The zero-order chi connectivity index (χ0) is 12.0. The molecule has 0 spiro atoms. The fourth-order valence-corrected chi connectivity index (χ4v) is 1.69. The molecule has 16 heavy (non-hydrogen) atoms. The smallest absolute Gasteiger partial charge is 0.129 e. The van der Waals surface area contributed by atoms with Gasteiger partial charge in [-0.1, -0.05) is 36.9 Å². The van der Waals surface area contributed by atoms with E-state index in [1.807, 2.05) is 0 Å². The molecule has 0 amide bonds. The standard InChI is InChI=1S/C13H15ClFN/c1-3-6-10(4-2)16-9-11-12(14)7-5-8-13(11)15/h2,5,7-8,10,16H,3,6,9H2,1H3. The maximum atomic E-state index is 13.4. The number of terminal acetylenes is 1. The van der Waals surface area contributed by atoms with Crippen molar-refractivity contribution in [1.29, 1.82) is 0 Å². The lowest BCUT2D eigenvalue weighted by Crippen LogP contribution is -2.27. The first-order chi connectivity index (χ1) is 7.69. The summed E-state index contributed by atoms with van der Waals surface area (Å²) in [5.74, 6) is 2.34. The molecular weight excluding hydrogens is 225 g/mol. The summed E-state index contributed by atoms with van der Waals surface area (Å²) in [6.07, 6.45) is 7.23. The number of hydrogen-bond donors (Lipinski definition) is 1. The molecule has 0 aliphatic rings. The minimum atomic E-state index is -0.299. The average molecular weight is 240 g/mol. The number of hydrogen-bond acceptors (Lipinski definition) is 1. The fourth-order valence-electron chi connectivity index (χ4n) is 1.46. The monoisotopic (exact) mass is 239 g/mol. The zero-order valence-electron chi connectivity index (χ0n) is 9.26. The van der Waals surface area contributed by atoms with Gasteiger partial charge in [0.2, 0.25) is 0 Å². The molecule has 86 valence electrons. The first kappa shape index (κ1) is 13.0. The maximum Gasteiger partial charge on any atom is 0.129 e. The van der Waals surface area contributed by atoms with Crippen LogP contribution >= 0.6 is 11.6 Å². The first-order valence-electron chi connectivity index (χ1n) is 5.31. The third kappa shape index (κ3) is 3.52. The Morgan fingerprint density at radius 1 is 1.56 bits per heavy atom. The van der Waals surface area contributed by atoms with Crippen molar-refractivity contribution in [2.75, 3.05) is 0 Å². The van der Waals surface area contributed by atoms with Gasteiger partial charge in [0, 0.05) is 17.1 Å². The Morgan fingerprint density at radius 3 is 2.88 bits per heavy atom. The van der Waals surface area contributed by atoms with Gasteiger partial charge in [-0.05, 0) is 18.6 Å². The van der Waals surface area contributed by atoms with Gasteiger partial charge >= 0.3 is 0 Å². The van der Waals surface area contributed by atoms with Crippen LogP contribution in [0, 0.1) is 18.2 Å². The Balaban J connectivity index is 2.64. The Kier molecular flexibility index (Phi) is 5.31. The van der Waals surface area contributed by atoms with Gasteiger partial charge in [0.05, 0.1) is 6.04 Å². The number of halogens is 2. The molecule has 0 aromatic heterocycles. The van der Waals surface area contributed by atoms with Gasteiger partial charge in [-0.15, -0.1) is 6.42 Å². The third-order valence-electron chi connectivity index (χ3n) is 2.37. The van der Waals surface area contributed by atoms with Crippen LogP contribution in [-0.2, 0) is 6.54 Å². The summed E-state index contributed by atoms with van der Waals surface area (Å²) in [5.41, 5.74) is 0.473. The van der Waals surface area contributed by atoms with E-state index in [1.165, 1.54) is 6.07 Å². The van der Waals surface area contributed by atoms with Crippen molar-refractivity contribution in [1.82, 2.24) is 5.32 Å². The normalized spacial score (nSPS) is 12.1. The van der Waals surface area contributed by atoms with Gasteiger partial charge in [0.15, 0.2) is 0 Å². The highest BCUT2D eigenvalue weighted by Gasteiger charge is 2.08. The molecule has 1 aromatic carbocycles. The van der Waals surface area contributed by atoms with Crippen LogP contribution in [0.1, 0.15) is 25.3 Å². The molecule has 0 aliphatic heterocycles. The molecule has 1 atom stereocenters. The van der Waals surface area contributed by atoms with E-state index in [1.54, 1.807) is 12.1 Å². The van der Waals surface area contributed by atoms with E-state index in [0.717, 1.165) is 12.8 Å². The molecule has 1 unspecified atom stereocenters. The minimum Gasteiger partial charge on any atom is -0.299 e. The summed E-state index contributed by atoms with van der Waals surface area (Å²) in [4.78, 5) is 0.